The average molecular weight is 482 g/mol. The zero-order valence-electron chi connectivity index (χ0n) is 14.9. The van der Waals surface area contributed by atoms with Gasteiger partial charge in [0.2, 0.25) is 5.91 Å². The highest BCUT2D eigenvalue weighted by molar-refractivity contribution is 8.05. The summed E-state index contributed by atoms with van der Waals surface area (Å²) in [5.74, 6) is 0.574. The van der Waals surface area contributed by atoms with Crippen LogP contribution in [-0.2, 0) is 31.4 Å². The lowest BCUT2D eigenvalue weighted by Crippen LogP contribution is -2.45. The summed E-state index contributed by atoms with van der Waals surface area (Å²) in [6.07, 6.45) is 2.50. The third-order valence-electron chi connectivity index (χ3n) is 3.62. The fraction of sp³-hybridized carbons (Fsp3) is 0.400. The summed E-state index contributed by atoms with van der Waals surface area (Å²) in [4.78, 5) is 13.5. The second-order valence-electron chi connectivity index (χ2n) is 5.94. The van der Waals surface area contributed by atoms with Crippen LogP contribution in [0.4, 0.5) is 26.3 Å². The van der Waals surface area contributed by atoms with Gasteiger partial charge in [-0.2, -0.15) is 26.3 Å². The van der Waals surface area contributed by atoms with Crippen LogP contribution in [0.3, 0.4) is 0 Å². The largest absolute Gasteiger partial charge is 0.512 e. The number of benzene rings is 1. The highest BCUT2D eigenvalue weighted by Gasteiger charge is 2.55. The maximum absolute atomic E-state index is 11.6. The van der Waals surface area contributed by atoms with Crippen molar-refractivity contribution in [1.82, 2.24) is 9.03 Å². The molecule has 2 rings (SSSR count). The Labute approximate surface area is 168 Å². The Balaban J connectivity index is 0.000000300. The first-order chi connectivity index (χ1) is 13.5. The molecule has 0 aliphatic carbocycles. The van der Waals surface area contributed by atoms with Gasteiger partial charge in [-0.15, -0.1) is 6.58 Å². The van der Waals surface area contributed by atoms with Crippen molar-refractivity contribution in [3.63, 3.8) is 0 Å². The fourth-order valence-electron chi connectivity index (χ4n) is 2.16. The average Bonchev–Trinajstić information content (AvgIpc) is 2.93. The van der Waals surface area contributed by atoms with E-state index in [-0.39, 0.29) is 5.91 Å². The Bertz CT molecular complexity index is 917. The quantitative estimate of drug-likeness (QED) is 0.514. The van der Waals surface area contributed by atoms with E-state index in [9.17, 15) is 48.0 Å². The number of rotatable bonds is 5. The van der Waals surface area contributed by atoms with Gasteiger partial charge in [0.15, 0.2) is 0 Å². The topological polar surface area (TPSA) is 101 Å². The van der Waals surface area contributed by atoms with Crippen molar-refractivity contribution in [2.24, 2.45) is 5.92 Å². The zero-order valence-corrected chi connectivity index (χ0v) is 16.6. The molecule has 1 fully saturated rings. The molecule has 1 N–H and O–H groups in total. The number of alkyl halides is 6. The summed E-state index contributed by atoms with van der Waals surface area (Å²) in [5.41, 5.74) is -11.1. The van der Waals surface area contributed by atoms with Crippen molar-refractivity contribution in [3.8, 4) is 0 Å². The Morgan fingerprint density at radius 2 is 1.47 bits per heavy atom. The van der Waals surface area contributed by atoms with Gasteiger partial charge >= 0.3 is 31.1 Å². The molecule has 1 aromatic carbocycles. The van der Waals surface area contributed by atoms with Crippen LogP contribution in [0, 0.1) is 5.92 Å². The van der Waals surface area contributed by atoms with Gasteiger partial charge in [-0.3, -0.25) is 4.79 Å². The van der Waals surface area contributed by atoms with Crippen molar-refractivity contribution in [1.29, 1.82) is 0 Å². The molecule has 7 nitrogen and oxygen atoms in total. The summed E-state index contributed by atoms with van der Waals surface area (Å²) >= 11 is 0. The van der Waals surface area contributed by atoms with Crippen LogP contribution >= 0.6 is 0 Å². The van der Waals surface area contributed by atoms with Gasteiger partial charge in [-0.05, 0) is 5.56 Å². The third-order valence-corrected chi connectivity index (χ3v) is 6.60. The minimum atomic E-state index is -6.60. The molecule has 15 heteroatoms. The minimum absolute atomic E-state index is 0.240. The lowest BCUT2D eigenvalue weighted by Gasteiger charge is -2.15. The highest BCUT2D eigenvalue weighted by atomic mass is 32.3. The van der Waals surface area contributed by atoms with E-state index in [1.807, 2.05) is 29.2 Å². The number of carbonyl (C=O) groups is 1. The maximum atomic E-state index is 11.6. The Morgan fingerprint density at radius 1 is 1.00 bits per heavy atom. The van der Waals surface area contributed by atoms with Crippen molar-refractivity contribution in [3.05, 3.63) is 48.6 Å². The van der Waals surface area contributed by atoms with E-state index in [2.05, 4.69) is 18.7 Å². The van der Waals surface area contributed by atoms with Crippen molar-refractivity contribution in [2.75, 3.05) is 6.54 Å². The summed E-state index contributed by atoms with van der Waals surface area (Å²) < 4.78 is 108. The van der Waals surface area contributed by atoms with Crippen LogP contribution < -0.4 is 4.13 Å². The maximum Gasteiger partial charge on any atom is 0.512 e. The molecule has 1 amide bonds. The zero-order chi connectivity index (χ0) is 23.4. The van der Waals surface area contributed by atoms with E-state index >= 15 is 0 Å². The molecule has 0 aromatic heterocycles. The molecule has 1 unspecified atom stereocenters. The number of nitrogens with zero attached hydrogens (tertiary/aromatic N) is 1. The predicted molar refractivity (Wildman–Crippen MR) is 93.2 cm³/mol. The molecule has 170 valence electrons. The first-order valence-corrected chi connectivity index (χ1v) is 10.8. The number of nitrogens with one attached hydrogen (secondary N) is 1. The Morgan fingerprint density at radius 3 is 1.83 bits per heavy atom. The normalized spacial score (nSPS) is 18.0. The number of sulfonamides is 2. The molecule has 1 saturated heterocycles. The number of hydrogen-bond donors (Lipinski definition) is 1. The molecule has 0 bridgehead atoms. The lowest BCUT2D eigenvalue weighted by atomic mass is 10.1. The summed E-state index contributed by atoms with van der Waals surface area (Å²) in [7, 11) is -13.2. The molecular weight excluding hydrogens is 466 g/mol. The third kappa shape index (κ3) is 6.98. The van der Waals surface area contributed by atoms with Gasteiger partial charge in [0.25, 0.3) is 0 Å². The van der Waals surface area contributed by atoms with E-state index in [0.717, 1.165) is 13.1 Å². The van der Waals surface area contributed by atoms with Gasteiger partial charge < -0.3 is 4.90 Å². The molecule has 0 saturated carbocycles. The van der Waals surface area contributed by atoms with Gasteiger partial charge in [-0.25, -0.2) is 16.8 Å². The summed E-state index contributed by atoms with van der Waals surface area (Å²) in [6, 6.07) is 10.1. The van der Waals surface area contributed by atoms with Gasteiger partial charge in [0.1, 0.15) is 0 Å². The monoisotopic (exact) mass is 482 g/mol. The van der Waals surface area contributed by atoms with Crippen molar-refractivity contribution >= 4 is 26.0 Å². The van der Waals surface area contributed by atoms with Gasteiger partial charge in [0.05, 0.1) is 0 Å². The molecule has 1 aliphatic heterocycles. The molecule has 1 aromatic rings. The van der Waals surface area contributed by atoms with E-state index in [0.29, 0.717) is 12.3 Å². The molecule has 0 radical (unpaired) electrons. The molecule has 0 spiro atoms. The molecule has 1 heterocycles. The summed E-state index contributed by atoms with van der Waals surface area (Å²) in [5, 5.41) is 0. The van der Waals surface area contributed by atoms with Crippen molar-refractivity contribution in [2.45, 2.75) is 24.0 Å². The Kier molecular flexibility index (Phi) is 8.07. The van der Waals surface area contributed by atoms with Crippen LogP contribution in [0.25, 0.3) is 0 Å². The summed E-state index contributed by atoms with van der Waals surface area (Å²) in [6.45, 7) is 5.28. The molecule has 1 atom stereocenters. The lowest BCUT2D eigenvalue weighted by molar-refractivity contribution is -0.128. The minimum Gasteiger partial charge on any atom is -0.338 e. The number of hydrogen-bond acceptors (Lipinski definition) is 5. The number of halogens is 6. The van der Waals surface area contributed by atoms with Crippen LogP contribution in [0.2, 0.25) is 0 Å². The second kappa shape index (κ2) is 9.34. The number of amides is 1. The van der Waals surface area contributed by atoms with E-state index in [1.54, 1.807) is 0 Å². The highest BCUT2D eigenvalue weighted by Crippen LogP contribution is 2.27. The molecule has 30 heavy (non-hydrogen) atoms. The van der Waals surface area contributed by atoms with Crippen LogP contribution in [-0.4, -0.2) is 45.2 Å². The smallest absolute Gasteiger partial charge is 0.338 e. The first-order valence-electron chi connectivity index (χ1n) is 7.85. The second-order valence-corrected chi connectivity index (χ2v) is 9.55. The number of carbonyl (C=O) groups excluding carboxylic acids is 1. The van der Waals surface area contributed by atoms with Gasteiger partial charge in [0, 0.05) is 25.4 Å². The first kappa shape index (κ1) is 25.9. The molecule has 1 aliphatic rings. The van der Waals surface area contributed by atoms with Crippen LogP contribution in [0.15, 0.2) is 43.0 Å². The van der Waals surface area contributed by atoms with Crippen LogP contribution in [0.1, 0.15) is 12.0 Å². The predicted octanol–water partition coefficient (Wildman–Crippen LogP) is 2.50. The van der Waals surface area contributed by atoms with E-state index < -0.39 is 35.2 Å². The van der Waals surface area contributed by atoms with Gasteiger partial charge in [-0.1, -0.05) is 40.5 Å². The Hall–Kier alpha value is -2.13. The van der Waals surface area contributed by atoms with Crippen LogP contribution in [0.5, 0.6) is 0 Å². The standard InChI is InChI=1S/C13H15NO.C2HF6NO4S2/c1-2-11-8-13(15)14(9-11)10-12-6-4-3-5-7-12;3-1(4,5)14(10,11)9-15(12,13)2(6,7)8/h2-7,11H,1,8-10H2;9H. The molecular formula is C15H16F6N2O5S2. The van der Waals surface area contributed by atoms with Crippen molar-refractivity contribution < 1.29 is 48.0 Å². The number of likely N-dealkylation sites (tertiary alicyclic amines) is 1. The van der Waals surface area contributed by atoms with E-state index in [1.165, 1.54) is 5.56 Å². The SMILES string of the molecule is C=CC1CC(=O)N(Cc2ccccc2)C1.O=S(=O)(NS(=O)(=O)C(F)(F)F)C(F)(F)F. The fourth-order valence-corrected chi connectivity index (χ4v) is 4.07. The van der Waals surface area contributed by atoms with E-state index in [4.69, 9.17) is 0 Å².